The average molecular weight is 509 g/mol. The van der Waals surface area contributed by atoms with Crippen LogP contribution in [0.3, 0.4) is 0 Å². The monoisotopic (exact) mass is 508 g/mol. The Kier molecular flexibility index (Phi) is 10.6. The van der Waals surface area contributed by atoms with Crippen LogP contribution in [0.25, 0.3) is 0 Å². The molecule has 0 saturated heterocycles. The summed E-state index contributed by atoms with van der Waals surface area (Å²) >= 11 is 0. The number of hydrogen-bond donors (Lipinski definition) is 0. The number of ether oxygens (including phenoxy) is 1. The van der Waals surface area contributed by atoms with Gasteiger partial charge in [0.05, 0.1) is 0 Å². The van der Waals surface area contributed by atoms with Crippen LogP contribution in [0.15, 0.2) is 128 Å². The maximum absolute atomic E-state index is 6.09. The second-order valence-electron chi connectivity index (χ2n) is 9.87. The molecule has 0 aliphatic heterocycles. The first-order valence-corrected chi connectivity index (χ1v) is 16.0. The number of rotatable bonds is 15. The zero-order valence-corrected chi connectivity index (χ0v) is 23.0. The van der Waals surface area contributed by atoms with Crippen LogP contribution in [0.2, 0.25) is 0 Å². The molecule has 4 aromatic rings. The summed E-state index contributed by atoms with van der Waals surface area (Å²) in [6, 6.07) is 42.2. The summed E-state index contributed by atoms with van der Waals surface area (Å²) in [4.78, 5) is 0. The molecule has 2 heteroatoms. The van der Waals surface area contributed by atoms with E-state index < -0.39 is 7.26 Å². The van der Waals surface area contributed by atoms with Gasteiger partial charge < -0.3 is 0 Å². The Balaban J connectivity index is 1.47. The summed E-state index contributed by atoms with van der Waals surface area (Å²) in [6.45, 7) is 4.59. The summed E-state index contributed by atoms with van der Waals surface area (Å²) in [5, 5.41) is 4.33. The zero-order chi connectivity index (χ0) is 25.6. The first-order chi connectivity index (χ1) is 18.3. The van der Waals surface area contributed by atoms with E-state index in [0.29, 0.717) is 0 Å². The van der Waals surface area contributed by atoms with Crippen LogP contribution in [0.1, 0.15) is 50.5 Å². The van der Waals surface area contributed by atoms with Crippen LogP contribution < -0.4 is 20.7 Å². The number of hydrogen-bond acceptors (Lipinski definition) is 1. The zero-order valence-electron chi connectivity index (χ0n) is 22.0. The quantitative estimate of drug-likeness (QED) is 0.0893. The molecule has 0 heterocycles. The molecule has 0 aromatic heterocycles. The van der Waals surface area contributed by atoms with E-state index in [0.717, 1.165) is 31.4 Å². The molecule has 0 unspecified atom stereocenters. The minimum absolute atomic E-state index is 0.794. The molecule has 0 atom stereocenters. The Hall–Kier alpha value is -3.15. The molecule has 4 aromatic carbocycles. The van der Waals surface area contributed by atoms with Crippen LogP contribution in [-0.2, 0) is 6.16 Å². The van der Waals surface area contributed by atoms with Gasteiger partial charge in [-0.2, -0.15) is 0 Å². The van der Waals surface area contributed by atoms with Gasteiger partial charge in [0.15, 0.2) is 0 Å². The molecule has 1 nitrogen and oxygen atoms in total. The molecule has 0 radical (unpaired) electrons. The number of allylic oxidation sites excluding steroid dienone is 1. The molecule has 0 bridgehead atoms. The average Bonchev–Trinajstić information content (AvgIpc) is 2.97. The molecule has 37 heavy (non-hydrogen) atoms. The summed E-state index contributed by atoms with van der Waals surface area (Å²) in [6.07, 6.45) is 11.7. The Labute approximate surface area is 224 Å². The van der Waals surface area contributed by atoms with Crippen molar-refractivity contribution in [1.29, 1.82) is 0 Å². The van der Waals surface area contributed by atoms with Crippen molar-refractivity contribution < 1.29 is 4.74 Å². The van der Waals surface area contributed by atoms with Crippen molar-refractivity contribution in [2.75, 3.05) is 6.61 Å². The molecule has 0 amide bonds. The van der Waals surface area contributed by atoms with Gasteiger partial charge in [-0.15, -0.1) is 6.58 Å². The van der Waals surface area contributed by atoms with E-state index in [1.54, 1.807) is 0 Å². The van der Waals surface area contributed by atoms with Gasteiger partial charge in [-0.3, -0.25) is 0 Å². The van der Waals surface area contributed by atoms with Crippen LogP contribution >= 0.6 is 7.26 Å². The van der Waals surface area contributed by atoms with Gasteiger partial charge >= 0.3 is 199 Å². The van der Waals surface area contributed by atoms with Gasteiger partial charge in [0.2, 0.25) is 0 Å². The van der Waals surface area contributed by atoms with Crippen LogP contribution in [-0.4, -0.2) is 6.61 Å². The van der Waals surface area contributed by atoms with Crippen LogP contribution in [0, 0.1) is 0 Å². The van der Waals surface area contributed by atoms with Crippen LogP contribution in [0.4, 0.5) is 0 Å². The van der Waals surface area contributed by atoms with Crippen molar-refractivity contribution in [2.45, 2.75) is 51.1 Å². The molecule has 192 valence electrons. The van der Waals surface area contributed by atoms with E-state index in [9.17, 15) is 0 Å². The van der Waals surface area contributed by atoms with E-state index >= 15 is 0 Å². The molecular weight excluding hydrogens is 467 g/mol. The third-order valence-corrected chi connectivity index (χ3v) is 12.2. The van der Waals surface area contributed by atoms with Crippen molar-refractivity contribution in [2.24, 2.45) is 0 Å². The molecule has 0 N–H and O–H groups in total. The second kappa shape index (κ2) is 14.6. The molecule has 0 aliphatic carbocycles. The van der Waals surface area contributed by atoms with Crippen molar-refractivity contribution in [3.05, 3.63) is 133 Å². The molecule has 4 rings (SSSR count). The molecule has 0 aliphatic rings. The predicted molar refractivity (Wildman–Crippen MR) is 165 cm³/mol. The molecule has 0 saturated carbocycles. The summed E-state index contributed by atoms with van der Waals surface area (Å²) in [5.41, 5.74) is 1.36. The third-order valence-electron chi connectivity index (χ3n) is 7.26. The van der Waals surface area contributed by atoms with E-state index in [2.05, 4.69) is 122 Å². The first-order valence-electron chi connectivity index (χ1n) is 13.8. The number of benzene rings is 4. The topological polar surface area (TPSA) is 9.23 Å². The van der Waals surface area contributed by atoms with E-state index in [-0.39, 0.29) is 0 Å². The van der Waals surface area contributed by atoms with Gasteiger partial charge in [-0.1, -0.05) is 6.08 Å². The van der Waals surface area contributed by atoms with Crippen molar-refractivity contribution in [3.63, 3.8) is 0 Å². The van der Waals surface area contributed by atoms with Gasteiger partial charge in [-0.25, -0.2) is 0 Å². The Morgan fingerprint density at radius 3 is 1.49 bits per heavy atom. The Morgan fingerprint density at radius 2 is 1.00 bits per heavy atom. The van der Waals surface area contributed by atoms with Gasteiger partial charge in [0.1, 0.15) is 0 Å². The SMILES string of the molecule is C=CCCCCCCCCOc1ccc(C[PH](c2ccccc2)(c2ccccc2)c2ccccc2)cc1. The Bertz CT molecular complexity index is 1070. The summed E-state index contributed by atoms with van der Waals surface area (Å²) in [7, 11) is -2.28. The van der Waals surface area contributed by atoms with Gasteiger partial charge in [0.25, 0.3) is 0 Å². The van der Waals surface area contributed by atoms with Crippen molar-refractivity contribution in [1.82, 2.24) is 0 Å². The van der Waals surface area contributed by atoms with Gasteiger partial charge in [-0.05, 0) is 12.8 Å². The van der Waals surface area contributed by atoms with Gasteiger partial charge in [0, 0.05) is 0 Å². The van der Waals surface area contributed by atoms with Crippen LogP contribution in [0.5, 0.6) is 5.75 Å². The van der Waals surface area contributed by atoms with E-state index in [1.165, 1.54) is 53.6 Å². The molecule has 0 spiro atoms. The Morgan fingerprint density at radius 1 is 0.541 bits per heavy atom. The predicted octanol–water partition coefficient (Wildman–Crippen LogP) is 8.21. The fourth-order valence-corrected chi connectivity index (χ4v) is 10.0. The van der Waals surface area contributed by atoms with Crippen molar-refractivity contribution in [3.8, 4) is 5.75 Å². The van der Waals surface area contributed by atoms with E-state index in [1.807, 2.05) is 6.08 Å². The minimum atomic E-state index is -2.28. The van der Waals surface area contributed by atoms with Crippen molar-refractivity contribution >= 4 is 23.2 Å². The molecular formula is C35H41OP. The first kappa shape index (κ1) is 26.9. The number of unbranched alkanes of at least 4 members (excludes halogenated alkanes) is 6. The maximum atomic E-state index is 6.09. The fraction of sp³-hybridized carbons (Fsp3) is 0.257. The third kappa shape index (κ3) is 7.43. The fourth-order valence-electron chi connectivity index (χ4n) is 5.27. The second-order valence-corrected chi connectivity index (χ2v) is 13.8. The van der Waals surface area contributed by atoms with E-state index in [4.69, 9.17) is 4.74 Å². The normalized spacial score (nSPS) is 11.7. The summed E-state index contributed by atoms with van der Waals surface area (Å²) < 4.78 is 6.09. The summed E-state index contributed by atoms with van der Waals surface area (Å²) in [5.74, 6) is 0.973. The standard InChI is InChI=1S/C35H41OP/c1-2-3-4-5-6-7-8-18-29-36-32-27-25-31(26-28-32)30-37(33-19-12-9-13-20-33,34-21-14-10-15-22-34)35-23-16-11-17-24-35/h2,9-17,19-28,37H,1,3-8,18,29-30H2. The molecule has 0 fully saturated rings.